The van der Waals surface area contributed by atoms with Gasteiger partial charge < -0.3 is 5.32 Å². The normalized spacial score (nSPS) is 10.6. The molecular formula is C12H13BrN2S. The standard InChI is InChI=1S/C12H13BrN2S/c1-9-2-3-11(15-5-9)6-14-7-12-4-10(13)8-16-12/h2-5,8,14H,6-7H2,1H3. The summed E-state index contributed by atoms with van der Waals surface area (Å²) in [6, 6.07) is 6.29. The highest BCUT2D eigenvalue weighted by atomic mass is 79.9. The van der Waals surface area contributed by atoms with Gasteiger partial charge in [-0.15, -0.1) is 11.3 Å². The predicted molar refractivity (Wildman–Crippen MR) is 71.5 cm³/mol. The Kier molecular flexibility index (Phi) is 4.09. The van der Waals surface area contributed by atoms with E-state index in [0.717, 1.165) is 23.3 Å². The topological polar surface area (TPSA) is 24.9 Å². The summed E-state index contributed by atoms with van der Waals surface area (Å²) in [5, 5.41) is 5.48. The Labute approximate surface area is 108 Å². The first-order chi connectivity index (χ1) is 7.74. The van der Waals surface area contributed by atoms with Gasteiger partial charge in [0, 0.05) is 34.0 Å². The molecule has 0 unspecified atom stereocenters. The number of aryl methyl sites for hydroxylation is 1. The third-order valence-corrected chi connectivity index (χ3v) is 3.90. The second-order valence-electron chi connectivity index (χ2n) is 3.66. The Balaban J connectivity index is 1.82. The van der Waals surface area contributed by atoms with Crippen LogP contribution in [0.25, 0.3) is 0 Å². The van der Waals surface area contributed by atoms with Gasteiger partial charge in [-0.1, -0.05) is 6.07 Å². The first-order valence-corrected chi connectivity index (χ1v) is 6.76. The highest BCUT2D eigenvalue weighted by molar-refractivity contribution is 9.10. The molecule has 0 spiro atoms. The number of hydrogen-bond acceptors (Lipinski definition) is 3. The molecule has 0 bridgehead atoms. The van der Waals surface area contributed by atoms with Crippen molar-refractivity contribution >= 4 is 27.3 Å². The van der Waals surface area contributed by atoms with Gasteiger partial charge in [0.15, 0.2) is 0 Å². The molecule has 0 aliphatic carbocycles. The molecule has 2 heterocycles. The molecule has 0 saturated carbocycles. The van der Waals surface area contributed by atoms with Crippen LogP contribution in [0, 0.1) is 6.92 Å². The van der Waals surface area contributed by atoms with E-state index in [1.165, 1.54) is 10.4 Å². The molecule has 0 fully saturated rings. The van der Waals surface area contributed by atoms with E-state index in [0.29, 0.717) is 0 Å². The fraction of sp³-hybridized carbons (Fsp3) is 0.250. The quantitative estimate of drug-likeness (QED) is 0.934. The van der Waals surface area contributed by atoms with Crippen LogP contribution in [0.15, 0.2) is 34.2 Å². The lowest BCUT2D eigenvalue weighted by molar-refractivity contribution is 0.686. The fourth-order valence-electron chi connectivity index (χ4n) is 1.36. The third kappa shape index (κ3) is 3.40. The van der Waals surface area contributed by atoms with Crippen LogP contribution < -0.4 is 5.32 Å². The van der Waals surface area contributed by atoms with Gasteiger partial charge in [0.2, 0.25) is 0 Å². The highest BCUT2D eigenvalue weighted by Crippen LogP contribution is 2.19. The molecule has 84 valence electrons. The number of hydrogen-bond donors (Lipinski definition) is 1. The molecular weight excluding hydrogens is 284 g/mol. The van der Waals surface area contributed by atoms with E-state index in [9.17, 15) is 0 Å². The fourth-order valence-corrected chi connectivity index (χ4v) is 2.78. The number of halogens is 1. The molecule has 2 aromatic rings. The van der Waals surface area contributed by atoms with Gasteiger partial charge in [-0.25, -0.2) is 0 Å². The minimum Gasteiger partial charge on any atom is -0.306 e. The van der Waals surface area contributed by atoms with Gasteiger partial charge in [0.25, 0.3) is 0 Å². The second kappa shape index (κ2) is 5.57. The van der Waals surface area contributed by atoms with Crippen molar-refractivity contribution in [1.29, 1.82) is 0 Å². The molecule has 2 aromatic heterocycles. The Morgan fingerprint density at radius 2 is 2.25 bits per heavy atom. The Morgan fingerprint density at radius 1 is 1.38 bits per heavy atom. The van der Waals surface area contributed by atoms with E-state index in [4.69, 9.17) is 0 Å². The summed E-state index contributed by atoms with van der Waals surface area (Å²) in [5.41, 5.74) is 2.28. The summed E-state index contributed by atoms with van der Waals surface area (Å²) in [5.74, 6) is 0. The maximum absolute atomic E-state index is 4.35. The SMILES string of the molecule is Cc1ccc(CNCc2cc(Br)cs2)nc1. The van der Waals surface area contributed by atoms with E-state index >= 15 is 0 Å². The van der Waals surface area contributed by atoms with Gasteiger partial charge in [-0.3, -0.25) is 4.98 Å². The van der Waals surface area contributed by atoms with Crippen LogP contribution in [0.5, 0.6) is 0 Å². The zero-order valence-electron chi connectivity index (χ0n) is 9.03. The second-order valence-corrected chi connectivity index (χ2v) is 5.57. The van der Waals surface area contributed by atoms with E-state index < -0.39 is 0 Å². The van der Waals surface area contributed by atoms with Gasteiger partial charge in [-0.05, 0) is 40.5 Å². The molecule has 0 amide bonds. The van der Waals surface area contributed by atoms with Crippen LogP contribution in [0.1, 0.15) is 16.1 Å². The minimum atomic E-state index is 0.815. The van der Waals surface area contributed by atoms with Crippen molar-refractivity contribution in [3.8, 4) is 0 Å². The van der Waals surface area contributed by atoms with Crippen molar-refractivity contribution in [2.45, 2.75) is 20.0 Å². The molecule has 0 radical (unpaired) electrons. The van der Waals surface area contributed by atoms with E-state index in [1.807, 2.05) is 13.1 Å². The van der Waals surface area contributed by atoms with Crippen LogP contribution in [-0.4, -0.2) is 4.98 Å². The number of rotatable bonds is 4. The van der Waals surface area contributed by atoms with E-state index in [1.54, 1.807) is 11.3 Å². The molecule has 0 saturated heterocycles. The summed E-state index contributed by atoms with van der Waals surface area (Å²) >= 11 is 5.20. The van der Waals surface area contributed by atoms with Crippen molar-refractivity contribution in [1.82, 2.24) is 10.3 Å². The summed E-state index contributed by atoms with van der Waals surface area (Å²) < 4.78 is 1.16. The largest absolute Gasteiger partial charge is 0.306 e. The summed E-state index contributed by atoms with van der Waals surface area (Å²) in [6.45, 7) is 3.76. The molecule has 0 aliphatic heterocycles. The molecule has 1 N–H and O–H groups in total. The van der Waals surface area contributed by atoms with Crippen LogP contribution in [-0.2, 0) is 13.1 Å². The first kappa shape index (κ1) is 11.8. The van der Waals surface area contributed by atoms with Crippen LogP contribution >= 0.6 is 27.3 Å². The van der Waals surface area contributed by atoms with E-state index in [-0.39, 0.29) is 0 Å². The number of aromatic nitrogens is 1. The predicted octanol–water partition coefficient (Wildman–Crippen LogP) is 3.50. The zero-order chi connectivity index (χ0) is 11.4. The lowest BCUT2D eigenvalue weighted by Crippen LogP contribution is -2.12. The van der Waals surface area contributed by atoms with Crippen molar-refractivity contribution in [3.05, 3.63) is 50.4 Å². The minimum absolute atomic E-state index is 0.815. The van der Waals surface area contributed by atoms with Crippen molar-refractivity contribution < 1.29 is 0 Å². The average Bonchev–Trinajstić information content (AvgIpc) is 2.67. The smallest absolute Gasteiger partial charge is 0.0541 e. The van der Waals surface area contributed by atoms with Gasteiger partial charge in [0.05, 0.1) is 5.69 Å². The van der Waals surface area contributed by atoms with Crippen LogP contribution in [0.3, 0.4) is 0 Å². The van der Waals surface area contributed by atoms with Gasteiger partial charge in [-0.2, -0.15) is 0 Å². The maximum Gasteiger partial charge on any atom is 0.0541 e. The summed E-state index contributed by atoms with van der Waals surface area (Å²) in [6.07, 6.45) is 1.90. The summed E-state index contributed by atoms with van der Waals surface area (Å²) in [4.78, 5) is 5.68. The monoisotopic (exact) mass is 296 g/mol. The zero-order valence-corrected chi connectivity index (χ0v) is 11.4. The van der Waals surface area contributed by atoms with Crippen LogP contribution in [0.2, 0.25) is 0 Å². The molecule has 0 aromatic carbocycles. The Bertz CT molecular complexity index is 450. The average molecular weight is 297 g/mol. The molecule has 4 heteroatoms. The maximum atomic E-state index is 4.35. The third-order valence-electron chi connectivity index (χ3n) is 2.20. The first-order valence-electron chi connectivity index (χ1n) is 5.09. The Morgan fingerprint density at radius 3 is 2.88 bits per heavy atom. The molecule has 0 atom stereocenters. The number of nitrogens with one attached hydrogen (secondary N) is 1. The number of pyridine rings is 1. The van der Waals surface area contributed by atoms with Crippen molar-refractivity contribution in [3.63, 3.8) is 0 Å². The molecule has 0 aliphatic rings. The molecule has 16 heavy (non-hydrogen) atoms. The molecule has 2 rings (SSSR count). The molecule has 2 nitrogen and oxygen atoms in total. The van der Waals surface area contributed by atoms with Crippen molar-refractivity contribution in [2.75, 3.05) is 0 Å². The van der Waals surface area contributed by atoms with Crippen molar-refractivity contribution in [2.24, 2.45) is 0 Å². The number of nitrogens with zero attached hydrogens (tertiary/aromatic N) is 1. The van der Waals surface area contributed by atoms with E-state index in [2.05, 4.69) is 49.8 Å². The lowest BCUT2D eigenvalue weighted by Gasteiger charge is -2.02. The van der Waals surface area contributed by atoms with Gasteiger partial charge >= 0.3 is 0 Å². The lowest BCUT2D eigenvalue weighted by atomic mass is 10.3. The van der Waals surface area contributed by atoms with Gasteiger partial charge in [0.1, 0.15) is 0 Å². The highest BCUT2D eigenvalue weighted by Gasteiger charge is 1.98. The van der Waals surface area contributed by atoms with Crippen LogP contribution in [0.4, 0.5) is 0 Å². The summed E-state index contributed by atoms with van der Waals surface area (Å²) in [7, 11) is 0. The number of thiophene rings is 1. The Hall–Kier alpha value is -0.710.